The zero-order chi connectivity index (χ0) is 18.8. The van der Waals surface area contributed by atoms with Crippen molar-refractivity contribution in [1.82, 2.24) is 9.62 Å². The first-order chi connectivity index (χ1) is 11.6. The van der Waals surface area contributed by atoms with Gasteiger partial charge in [0, 0.05) is 19.7 Å². The van der Waals surface area contributed by atoms with Crippen LogP contribution in [-0.4, -0.2) is 32.7 Å². The van der Waals surface area contributed by atoms with E-state index in [-0.39, 0.29) is 16.8 Å². The fourth-order valence-corrected chi connectivity index (χ4v) is 3.74. The zero-order valence-corrected chi connectivity index (χ0v) is 16.0. The van der Waals surface area contributed by atoms with Crippen LogP contribution >= 0.6 is 0 Å². The molecule has 0 aliphatic heterocycles. The number of carbonyl (C=O) groups excluding carboxylic acids is 1. The Balaban J connectivity index is 2.37. The second-order valence-corrected chi connectivity index (χ2v) is 8.43. The first-order valence-corrected chi connectivity index (χ1v) is 9.48. The maximum Gasteiger partial charge on any atom is 0.251 e. The summed E-state index contributed by atoms with van der Waals surface area (Å²) in [5.74, 6) is -0.297. The number of aryl methyl sites for hydroxylation is 1. The van der Waals surface area contributed by atoms with Crippen LogP contribution in [0.5, 0.6) is 0 Å². The molecule has 0 radical (unpaired) electrons. The van der Waals surface area contributed by atoms with Crippen LogP contribution < -0.4 is 5.32 Å². The molecule has 2 rings (SSSR count). The third-order valence-corrected chi connectivity index (χ3v) is 6.23. The predicted molar refractivity (Wildman–Crippen MR) is 99.1 cm³/mol. The van der Waals surface area contributed by atoms with E-state index in [9.17, 15) is 13.2 Å². The van der Waals surface area contributed by atoms with Crippen molar-refractivity contribution >= 4 is 15.9 Å². The highest BCUT2D eigenvalue weighted by Gasteiger charge is 2.23. The number of nitrogens with zero attached hydrogens (tertiary/aromatic N) is 1. The van der Waals surface area contributed by atoms with Crippen LogP contribution in [0.1, 0.15) is 40.0 Å². The molecule has 1 unspecified atom stereocenters. The molecule has 0 bridgehead atoms. The normalized spacial score (nSPS) is 12.9. The van der Waals surface area contributed by atoms with Crippen LogP contribution in [0.25, 0.3) is 0 Å². The van der Waals surface area contributed by atoms with E-state index < -0.39 is 10.0 Å². The number of amides is 1. The Morgan fingerprint density at radius 2 is 1.68 bits per heavy atom. The maximum absolute atomic E-state index is 12.6. The molecule has 134 valence electrons. The lowest BCUT2D eigenvalue weighted by atomic mass is 10.0. The molecule has 2 aromatic carbocycles. The van der Waals surface area contributed by atoms with Crippen molar-refractivity contribution in [1.29, 1.82) is 0 Å². The zero-order valence-electron chi connectivity index (χ0n) is 15.2. The summed E-state index contributed by atoms with van der Waals surface area (Å²) >= 11 is 0. The lowest BCUT2D eigenvalue weighted by Crippen LogP contribution is -2.28. The Kier molecular flexibility index (Phi) is 5.65. The van der Waals surface area contributed by atoms with Gasteiger partial charge in [0.2, 0.25) is 10.0 Å². The summed E-state index contributed by atoms with van der Waals surface area (Å²) in [7, 11) is -0.652. The van der Waals surface area contributed by atoms with Gasteiger partial charge in [0.1, 0.15) is 0 Å². The Morgan fingerprint density at radius 3 is 2.24 bits per heavy atom. The molecule has 1 N–H and O–H groups in total. The molecule has 0 fully saturated rings. The third-order valence-electron chi connectivity index (χ3n) is 4.29. The SMILES string of the molecule is Cc1cc(C(=O)NC(C)c2ccccc2)cc(S(=O)(=O)N(C)C)c1C. The monoisotopic (exact) mass is 360 g/mol. The molecule has 0 aliphatic carbocycles. The van der Waals surface area contributed by atoms with Gasteiger partial charge in [0.05, 0.1) is 10.9 Å². The first kappa shape index (κ1) is 19.1. The van der Waals surface area contributed by atoms with E-state index in [1.807, 2.05) is 37.3 Å². The van der Waals surface area contributed by atoms with E-state index in [0.717, 1.165) is 15.4 Å². The van der Waals surface area contributed by atoms with Crippen molar-refractivity contribution in [2.24, 2.45) is 0 Å². The average molecular weight is 360 g/mol. The van der Waals surface area contributed by atoms with Crippen molar-refractivity contribution in [3.63, 3.8) is 0 Å². The summed E-state index contributed by atoms with van der Waals surface area (Å²) in [6.45, 7) is 5.45. The van der Waals surface area contributed by atoms with Gasteiger partial charge in [-0.1, -0.05) is 30.3 Å². The van der Waals surface area contributed by atoms with Crippen molar-refractivity contribution < 1.29 is 13.2 Å². The first-order valence-electron chi connectivity index (χ1n) is 8.04. The van der Waals surface area contributed by atoms with Gasteiger partial charge >= 0.3 is 0 Å². The Bertz CT molecular complexity index is 875. The maximum atomic E-state index is 12.6. The number of hydrogen-bond donors (Lipinski definition) is 1. The van der Waals surface area contributed by atoms with E-state index in [2.05, 4.69) is 5.32 Å². The minimum atomic E-state index is -3.61. The van der Waals surface area contributed by atoms with Crippen molar-refractivity contribution in [3.8, 4) is 0 Å². The van der Waals surface area contributed by atoms with E-state index in [0.29, 0.717) is 11.1 Å². The van der Waals surface area contributed by atoms with Gasteiger partial charge in [-0.15, -0.1) is 0 Å². The number of benzene rings is 2. The molecule has 0 saturated carbocycles. The second kappa shape index (κ2) is 7.37. The smallest absolute Gasteiger partial charge is 0.251 e. The highest BCUT2D eigenvalue weighted by Crippen LogP contribution is 2.24. The van der Waals surface area contributed by atoms with E-state index in [4.69, 9.17) is 0 Å². The summed E-state index contributed by atoms with van der Waals surface area (Å²) in [4.78, 5) is 12.8. The number of rotatable bonds is 5. The van der Waals surface area contributed by atoms with E-state index >= 15 is 0 Å². The van der Waals surface area contributed by atoms with Crippen molar-refractivity contribution in [2.75, 3.05) is 14.1 Å². The lowest BCUT2D eigenvalue weighted by molar-refractivity contribution is 0.0939. The Morgan fingerprint density at radius 1 is 1.08 bits per heavy atom. The molecule has 5 nitrogen and oxygen atoms in total. The topological polar surface area (TPSA) is 66.5 Å². The fraction of sp³-hybridized carbons (Fsp3) is 0.316. The number of nitrogens with one attached hydrogen (secondary N) is 1. The molecular weight excluding hydrogens is 336 g/mol. The highest BCUT2D eigenvalue weighted by atomic mass is 32.2. The molecule has 0 aromatic heterocycles. The van der Waals surface area contributed by atoms with Gasteiger partial charge in [-0.2, -0.15) is 0 Å². The lowest BCUT2D eigenvalue weighted by Gasteiger charge is -2.18. The van der Waals surface area contributed by atoms with E-state index in [1.54, 1.807) is 19.9 Å². The average Bonchev–Trinajstić information content (AvgIpc) is 2.57. The van der Waals surface area contributed by atoms with Crippen molar-refractivity contribution in [2.45, 2.75) is 31.7 Å². The van der Waals surface area contributed by atoms with E-state index in [1.165, 1.54) is 20.2 Å². The standard InChI is InChI=1S/C19H24N2O3S/c1-13-11-17(12-18(14(13)2)25(23,24)21(4)5)19(22)20-15(3)16-9-7-6-8-10-16/h6-12,15H,1-5H3,(H,20,22). The van der Waals surface area contributed by atoms with Crippen LogP contribution in [0, 0.1) is 13.8 Å². The largest absolute Gasteiger partial charge is 0.346 e. The summed E-state index contributed by atoms with van der Waals surface area (Å²) in [6.07, 6.45) is 0. The number of sulfonamides is 1. The molecule has 1 amide bonds. The predicted octanol–water partition coefficient (Wildman–Crippen LogP) is 3.04. The highest BCUT2D eigenvalue weighted by molar-refractivity contribution is 7.89. The molecule has 2 aromatic rings. The summed E-state index contributed by atoms with van der Waals surface area (Å²) in [5, 5.41) is 2.92. The van der Waals surface area contributed by atoms with Gasteiger partial charge in [-0.3, -0.25) is 4.79 Å². The minimum Gasteiger partial charge on any atom is -0.346 e. The van der Waals surface area contributed by atoms with Crippen LogP contribution in [0.2, 0.25) is 0 Å². The van der Waals surface area contributed by atoms with Crippen LogP contribution in [-0.2, 0) is 10.0 Å². The molecule has 1 atom stereocenters. The molecular formula is C19H24N2O3S. The van der Waals surface area contributed by atoms with Gasteiger partial charge < -0.3 is 5.32 Å². The van der Waals surface area contributed by atoms with Gasteiger partial charge in [0.15, 0.2) is 0 Å². The number of carbonyl (C=O) groups is 1. The second-order valence-electron chi connectivity index (χ2n) is 6.31. The molecule has 0 saturated heterocycles. The number of hydrogen-bond acceptors (Lipinski definition) is 3. The molecule has 25 heavy (non-hydrogen) atoms. The Labute approximate surface area is 149 Å². The summed E-state index contributed by atoms with van der Waals surface area (Å²) in [6, 6.07) is 12.6. The molecule has 6 heteroatoms. The van der Waals surface area contributed by atoms with Crippen LogP contribution in [0.15, 0.2) is 47.4 Å². The molecule has 0 aliphatic rings. The van der Waals surface area contributed by atoms with Gasteiger partial charge in [0.25, 0.3) is 5.91 Å². The van der Waals surface area contributed by atoms with Gasteiger partial charge in [-0.25, -0.2) is 12.7 Å². The fourth-order valence-electron chi connectivity index (χ4n) is 2.53. The van der Waals surface area contributed by atoms with Crippen LogP contribution in [0.4, 0.5) is 0 Å². The van der Waals surface area contributed by atoms with Gasteiger partial charge in [-0.05, 0) is 49.6 Å². The molecule has 0 spiro atoms. The Hall–Kier alpha value is -2.18. The summed E-state index contributed by atoms with van der Waals surface area (Å²) in [5.41, 5.74) is 2.74. The minimum absolute atomic E-state index is 0.162. The molecule has 0 heterocycles. The van der Waals surface area contributed by atoms with Crippen LogP contribution in [0.3, 0.4) is 0 Å². The quantitative estimate of drug-likeness (QED) is 0.891. The third kappa shape index (κ3) is 4.08. The van der Waals surface area contributed by atoms with Crippen molar-refractivity contribution in [3.05, 3.63) is 64.7 Å². The summed E-state index contributed by atoms with van der Waals surface area (Å²) < 4.78 is 26.2.